The number of halogens is 2. The van der Waals surface area contributed by atoms with E-state index in [4.69, 9.17) is 23.2 Å². The van der Waals surface area contributed by atoms with Gasteiger partial charge in [-0.15, -0.1) is 0 Å². The molecule has 0 saturated heterocycles. The van der Waals surface area contributed by atoms with Gasteiger partial charge in [-0.05, 0) is 61.4 Å². The Morgan fingerprint density at radius 1 is 1.16 bits per heavy atom. The molecule has 32 heavy (non-hydrogen) atoms. The second kappa shape index (κ2) is 9.42. The largest absolute Gasteiger partial charge is 0.352 e. The summed E-state index contributed by atoms with van der Waals surface area (Å²) in [6, 6.07) is 12.6. The summed E-state index contributed by atoms with van der Waals surface area (Å²) in [7, 11) is 0. The van der Waals surface area contributed by atoms with Crippen molar-refractivity contribution in [1.29, 1.82) is 0 Å². The Balaban J connectivity index is 1.73. The van der Waals surface area contributed by atoms with Gasteiger partial charge in [0, 0.05) is 33.8 Å². The van der Waals surface area contributed by atoms with Crippen LogP contribution in [0.15, 0.2) is 42.5 Å². The van der Waals surface area contributed by atoms with Crippen molar-refractivity contribution >= 4 is 40.7 Å². The van der Waals surface area contributed by atoms with Crippen LogP contribution in [0.4, 0.5) is 5.69 Å². The fraction of sp³-hybridized carbons (Fsp3) is 0.440. The highest BCUT2D eigenvalue weighted by atomic mass is 35.5. The summed E-state index contributed by atoms with van der Waals surface area (Å²) >= 11 is 12.4. The molecule has 3 N–H and O–H groups in total. The first kappa shape index (κ1) is 23.1. The van der Waals surface area contributed by atoms with E-state index in [1.54, 1.807) is 18.2 Å². The number of carbonyl (C=O) groups is 2. The summed E-state index contributed by atoms with van der Waals surface area (Å²) in [6.45, 7) is 4.16. The summed E-state index contributed by atoms with van der Waals surface area (Å²) in [4.78, 5) is 26.7. The number of hydrogen-bond donors (Lipinski definition) is 3. The molecule has 5 nitrogen and oxygen atoms in total. The van der Waals surface area contributed by atoms with Gasteiger partial charge in [-0.3, -0.25) is 14.9 Å². The summed E-state index contributed by atoms with van der Waals surface area (Å²) < 4.78 is 0. The molecule has 0 radical (unpaired) electrons. The molecular weight excluding hydrogens is 445 g/mol. The van der Waals surface area contributed by atoms with Gasteiger partial charge in [0.1, 0.15) is 5.54 Å². The molecule has 4 rings (SSSR count). The molecule has 1 fully saturated rings. The van der Waals surface area contributed by atoms with Crippen LogP contribution in [0.3, 0.4) is 0 Å². The van der Waals surface area contributed by atoms with Gasteiger partial charge in [0.05, 0.1) is 6.04 Å². The van der Waals surface area contributed by atoms with Crippen LogP contribution < -0.4 is 16.0 Å². The predicted octanol–water partition coefficient (Wildman–Crippen LogP) is 5.06. The van der Waals surface area contributed by atoms with Crippen molar-refractivity contribution in [2.24, 2.45) is 5.92 Å². The van der Waals surface area contributed by atoms with Crippen LogP contribution in [0.25, 0.3) is 0 Å². The molecule has 1 heterocycles. The van der Waals surface area contributed by atoms with E-state index in [0.29, 0.717) is 28.6 Å². The fourth-order valence-corrected chi connectivity index (χ4v) is 4.91. The number of anilines is 1. The van der Waals surface area contributed by atoms with Gasteiger partial charge >= 0.3 is 0 Å². The first-order chi connectivity index (χ1) is 15.3. The van der Waals surface area contributed by atoms with Gasteiger partial charge < -0.3 is 10.6 Å². The third-order valence-electron chi connectivity index (χ3n) is 6.33. The average Bonchev–Trinajstić information content (AvgIpc) is 2.94. The van der Waals surface area contributed by atoms with Crippen LogP contribution in [-0.2, 0) is 21.5 Å². The number of amides is 2. The quantitative estimate of drug-likeness (QED) is 0.501. The van der Waals surface area contributed by atoms with Crippen molar-refractivity contribution in [3.05, 3.63) is 63.6 Å². The Labute approximate surface area is 199 Å². The second-order valence-electron chi connectivity index (χ2n) is 9.32. The van der Waals surface area contributed by atoms with Gasteiger partial charge in [-0.25, -0.2) is 0 Å². The van der Waals surface area contributed by atoms with Crippen molar-refractivity contribution in [3.8, 4) is 0 Å². The van der Waals surface area contributed by atoms with E-state index in [-0.39, 0.29) is 23.8 Å². The van der Waals surface area contributed by atoms with Crippen molar-refractivity contribution in [1.82, 2.24) is 10.6 Å². The molecule has 7 heteroatoms. The lowest BCUT2D eigenvalue weighted by atomic mass is 9.83. The molecule has 0 spiro atoms. The van der Waals surface area contributed by atoms with Crippen molar-refractivity contribution in [3.63, 3.8) is 0 Å². The molecule has 0 aromatic heterocycles. The van der Waals surface area contributed by atoms with Gasteiger partial charge in [-0.2, -0.15) is 0 Å². The van der Waals surface area contributed by atoms with Gasteiger partial charge in [-0.1, -0.05) is 55.2 Å². The van der Waals surface area contributed by atoms with Crippen molar-refractivity contribution in [2.45, 2.75) is 63.6 Å². The molecule has 0 bridgehead atoms. The SMILES string of the molecule is CC(C)CC(NC1(Cc2cccc(Cl)c2)C(=O)Nc2cc(Cl)ccc21)C(=O)NC1CCC1. The maximum Gasteiger partial charge on any atom is 0.249 e. The predicted molar refractivity (Wildman–Crippen MR) is 129 cm³/mol. The average molecular weight is 474 g/mol. The minimum Gasteiger partial charge on any atom is -0.352 e. The van der Waals surface area contributed by atoms with E-state index in [2.05, 4.69) is 29.8 Å². The maximum atomic E-state index is 13.5. The lowest BCUT2D eigenvalue weighted by Gasteiger charge is -2.36. The highest BCUT2D eigenvalue weighted by Crippen LogP contribution is 2.41. The van der Waals surface area contributed by atoms with E-state index < -0.39 is 11.6 Å². The third-order valence-corrected chi connectivity index (χ3v) is 6.80. The number of nitrogens with one attached hydrogen (secondary N) is 3. The van der Waals surface area contributed by atoms with E-state index in [1.165, 1.54) is 0 Å². The molecule has 2 aromatic rings. The van der Waals surface area contributed by atoms with Crippen LogP contribution in [-0.4, -0.2) is 23.9 Å². The van der Waals surface area contributed by atoms with Crippen LogP contribution in [0.2, 0.25) is 10.0 Å². The molecule has 1 aliphatic heterocycles. The number of rotatable bonds is 8. The second-order valence-corrected chi connectivity index (χ2v) is 10.2. The lowest BCUT2D eigenvalue weighted by Crippen LogP contribution is -2.59. The normalized spacial score (nSPS) is 21.1. The minimum absolute atomic E-state index is 0.0518. The number of hydrogen-bond acceptors (Lipinski definition) is 3. The smallest absolute Gasteiger partial charge is 0.249 e. The molecule has 1 aliphatic carbocycles. The zero-order valence-corrected chi connectivity index (χ0v) is 19.9. The van der Waals surface area contributed by atoms with Crippen LogP contribution >= 0.6 is 23.2 Å². The Morgan fingerprint density at radius 3 is 2.56 bits per heavy atom. The Morgan fingerprint density at radius 2 is 1.91 bits per heavy atom. The third kappa shape index (κ3) is 4.80. The molecule has 2 atom stereocenters. The zero-order valence-electron chi connectivity index (χ0n) is 18.4. The first-order valence-electron chi connectivity index (χ1n) is 11.2. The molecule has 170 valence electrons. The van der Waals surface area contributed by atoms with E-state index in [0.717, 1.165) is 30.4 Å². The summed E-state index contributed by atoms with van der Waals surface area (Å²) in [5, 5.41) is 10.8. The van der Waals surface area contributed by atoms with Crippen molar-refractivity contribution in [2.75, 3.05) is 5.32 Å². The molecule has 2 aliphatic rings. The fourth-order valence-electron chi connectivity index (χ4n) is 4.52. The Kier molecular flexibility index (Phi) is 6.80. The monoisotopic (exact) mass is 473 g/mol. The van der Waals surface area contributed by atoms with Crippen LogP contribution in [0.5, 0.6) is 0 Å². The topological polar surface area (TPSA) is 70.2 Å². The molecule has 2 unspecified atom stereocenters. The van der Waals surface area contributed by atoms with Gasteiger partial charge in [0.25, 0.3) is 0 Å². The zero-order chi connectivity index (χ0) is 22.9. The van der Waals surface area contributed by atoms with Gasteiger partial charge in [0.2, 0.25) is 11.8 Å². The minimum atomic E-state index is -1.11. The van der Waals surface area contributed by atoms with Gasteiger partial charge in [0.15, 0.2) is 0 Å². The molecule has 2 aromatic carbocycles. The molecular formula is C25H29Cl2N3O2. The lowest BCUT2D eigenvalue weighted by molar-refractivity contribution is -0.127. The molecule has 2 amide bonds. The standard InChI is InChI=1S/C25H29Cl2N3O2/c1-15(2)11-22(23(31)28-19-7-4-8-19)30-25(14-16-5-3-6-17(26)12-16)20-10-9-18(27)13-21(20)29-24(25)32/h3,5-6,9-10,12-13,15,19,22,30H,4,7-8,11,14H2,1-2H3,(H,28,31)(H,29,32). The van der Waals surface area contributed by atoms with E-state index in [1.807, 2.05) is 24.3 Å². The summed E-state index contributed by atoms with van der Waals surface area (Å²) in [5.74, 6) is 0.0287. The number of carbonyl (C=O) groups excluding carboxylic acids is 2. The molecule has 1 saturated carbocycles. The van der Waals surface area contributed by atoms with Crippen molar-refractivity contribution < 1.29 is 9.59 Å². The maximum absolute atomic E-state index is 13.5. The number of fused-ring (bicyclic) bond motifs is 1. The highest BCUT2D eigenvalue weighted by Gasteiger charge is 2.49. The van der Waals surface area contributed by atoms with Crippen LogP contribution in [0.1, 0.15) is 50.7 Å². The number of benzene rings is 2. The van der Waals surface area contributed by atoms with E-state index >= 15 is 0 Å². The Hall–Kier alpha value is -2.08. The highest BCUT2D eigenvalue weighted by molar-refractivity contribution is 6.31. The summed E-state index contributed by atoms with van der Waals surface area (Å²) in [6.07, 6.45) is 4.14. The Bertz CT molecular complexity index is 1020. The first-order valence-corrected chi connectivity index (χ1v) is 12.0. The summed E-state index contributed by atoms with van der Waals surface area (Å²) in [5.41, 5.74) is 1.25. The van der Waals surface area contributed by atoms with Crippen LogP contribution in [0, 0.1) is 5.92 Å². The van der Waals surface area contributed by atoms with E-state index in [9.17, 15) is 9.59 Å².